The maximum absolute atomic E-state index is 12.5. The predicted octanol–water partition coefficient (Wildman–Crippen LogP) is 11.3. The van der Waals surface area contributed by atoms with E-state index in [0.717, 1.165) is 51.4 Å². The normalized spacial score (nSPS) is 12.1. The van der Waals surface area contributed by atoms with Crippen molar-refractivity contribution in [2.75, 3.05) is 0 Å². The van der Waals surface area contributed by atoms with Crippen LogP contribution in [0.3, 0.4) is 0 Å². The number of aliphatic carboxylic acids is 1. The Hall–Kier alpha value is -1.06. The fourth-order valence-corrected chi connectivity index (χ4v) is 5.30. The van der Waals surface area contributed by atoms with Crippen molar-refractivity contribution in [3.05, 3.63) is 0 Å². The highest BCUT2D eigenvalue weighted by molar-refractivity contribution is 5.69. The zero-order chi connectivity index (χ0) is 27.9. The van der Waals surface area contributed by atoms with E-state index in [1.165, 1.54) is 122 Å². The number of esters is 1. The van der Waals surface area contributed by atoms with Gasteiger partial charge in [-0.25, -0.2) is 0 Å². The van der Waals surface area contributed by atoms with E-state index in [1.54, 1.807) is 0 Å². The van der Waals surface area contributed by atoms with Gasteiger partial charge in [-0.3, -0.25) is 9.59 Å². The molecular formula is C34H66O4. The summed E-state index contributed by atoms with van der Waals surface area (Å²) in [6.45, 7) is 4.52. The molecule has 4 nitrogen and oxygen atoms in total. The summed E-state index contributed by atoms with van der Waals surface area (Å²) in [6, 6.07) is 0. The van der Waals surface area contributed by atoms with Crippen molar-refractivity contribution in [2.24, 2.45) is 0 Å². The minimum absolute atomic E-state index is 0.0186. The number of hydrogen-bond acceptors (Lipinski definition) is 3. The molecule has 0 radical (unpaired) electrons. The number of rotatable bonds is 31. The van der Waals surface area contributed by atoms with Gasteiger partial charge in [0.05, 0.1) is 0 Å². The molecule has 1 N–H and O–H groups in total. The SMILES string of the molecule is CCCCCCCCCCCCCCCC(=O)OC(CCCCCCC)CCCCCCCCCC(=O)O. The molecule has 0 amide bonds. The van der Waals surface area contributed by atoms with Crippen LogP contribution >= 0.6 is 0 Å². The van der Waals surface area contributed by atoms with Gasteiger partial charge in [0.2, 0.25) is 0 Å². The zero-order valence-electron chi connectivity index (χ0n) is 25.8. The van der Waals surface area contributed by atoms with Crippen LogP contribution in [0.5, 0.6) is 0 Å². The molecule has 0 bridgehead atoms. The molecule has 0 aromatic heterocycles. The van der Waals surface area contributed by atoms with E-state index in [-0.39, 0.29) is 12.1 Å². The minimum Gasteiger partial charge on any atom is -0.481 e. The summed E-state index contributed by atoms with van der Waals surface area (Å²) in [4.78, 5) is 23.1. The Labute approximate surface area is 237 Å². The average molecular weight is 539 g/mol. The Morgan fingerprint density at radius 3 is 1.16 bits per heavy atom. The minimum atomic E-state index is -0.686. The Kier molecular flexibility index (Phi) is 29.6. The maximum Gasteiger partial charge on any atom is 0.306 e. The number of carboxylic acids is 1. The Morgan fingerprint density at radius 2 is 0.789 bits per heavy atom. The molecule has 1 unspecified atom stereocenters. The van der Waals surface area contributed by atoms with E-state index in [4.69, 9.17) is 9.84 Å². The van der Waals surface area contributed by atoms with Gasteiger partial charge in [0, 0.05) is 12.8 Å². The summed E-state index contributed by atoms with van der Waals surface area (Å²) in [5, 5.41) is 8.71. The molecule has 0 aliphatic rings. The second kappa shape index (κ2) is 30.5. The van der Waals surface area contributed by atoms with Crippen molar-refractivity contribution in [3.63, 3.8) is 0 Å². The van der Waals surface area contributed by atoms with Crippen molar-refractivity contribution in [3.8, 4) is 0 Å². The van der Waals surface area contributed by atoms with Crippen LogP contribution in [0.4, 0.5) is 0 Å². The van der Waals surface area contributed by atoms with Crippen LogP contribution in [-0.2, 0) is 14.3 Å². The van der Waals surface area contributed by atoms with Crippen LogP contribution in [0.15, 0.2) is 0 Å². The molecule has 0 saturated heterocycles. The van der Waals surface area contributed by atoms with Gasteiger partial charge >= 0.3 is 11.9 Å². The third-order valence-corrected chi connectivity index (χ3v) is 7.83. The Bertz CT molecular complexity index is 505. The topological polar surface area (TPSA) is 63.6 Å². The van der Waals surface area contributed by atoms with E-state index in [2.05, 4.69) is 13.8 Å². The molecule has 0 aliphatic heterocycles. The first-order valence-corrected chi connectivity index (χ1v) is 17.0. The molecule has 1 atom stereocenters. The van der Waals surface area contributed by atoms with Crippen LogP contribution in [0.25, 0.3) is 0 Å². The van der Waals surface area contributed by atoms with Crippen molar-refractivity contribution in [1.29, 1.82) is 0 Å². The van der Waals surface area contributed by atoms with Gasteiger partial charge in [0.25, 0.3) is 0 Å². The highest BCUT2D eigenvalue weighted by Gasteiger charge is 2.14. The number of hydrogen-bond donors (Lipinski definition) is 1. The predicted molar refractivity (Wildman–Crippen MR) is 163 cm³/mol. The van der Waals surface area contributed by atoms with Crippen molar-refractivity contribution >= 4 is 11.9 Å². The fraction of sp³-hybridized carbons (Fsp3) is 0.941. The second-order valence-corrected chi connectivity index (χ2v) is 11.7. The monoisotopic (exact) mass is 538 g/mol. The summed E-state index contributed by atoms with van der Waals surface area (Å²) in [5.74, 6) is -0.667. The molecule has 0 aromatic carbocycles. The highest BCUT2D eigenvalue weighted by Crippen LogP contribution is 2.19. The molecule has 4 heteroatoms. The first-order chi connectivity index (χ1) is 18.6. The molecule has 0 heterocycles. The number of carbonyl (C=O) groups is 2. The summed E-state index contributed by atoms with van der Waals surface area (Å²) >= 11 is 0. The summed E-state index contributed by atoms with van der Waals surface area (Å²) in [7, 11) is 0. The average Bonchev–Trinajstić information content (AvgIpc) is 2.89. The molecule has 0 aliphatic carbocycles. The molecular weight excluding hydrogens is 472 g/mol. The lowest BCUT2D eigenvalue weighted by atomic mass is 10.0. The van der Waals surface area contributed by atoms with Gasteiger partial charge in [-0.05, 0) is 38.5 Å². The molecule has 38 heavy (non-hydrogen) atoms. The quantitative estimate of drug-likeness (QED) is 0.0704. The lowest BCUT2D eigenvalue weighted by Gasteiger charge is -2.18. The zero-order valence-corrected chi connectivity index (χ0v) is 25.8. The fourth-order valence-electron chi connectivity index (χ4n) is 5.30. The van der Waals surface area contributed by atoms with Crippen LogP contribution in [-0.4, -0.2) is 23.1 Å². The van der Waals surface area contributed by atoms with Gasteiger partial charge in [0.1, 0.15) is 6.10 Å². The van der Waals surface area contributed by atoms with Gasteiger partial charge in [-0.2, -0.15) is 0 Å². The standard InChI is InChI=1S/C34H66O4/c1-3-5-7-9-10-11-12-13-14-15-19-23-27-31-34(37)38-32(28-24-20-8-6-4-2)29-25-21-17-16-18-22-26-30-33(35)36/h32H,3-31H2,1-2H3,(H,35,36). The van der Waals surface area contributed by atoms with Gasteiger partial charge in [0.15, 0.2) is 0 Å². The van der Waals surface area contributed by atoms with Crippen LogP contribution in [0.2, 0.25) is 0 Å². The smallest absolute Gasteiger partial charge is 0.306 e. The van der Waals surface area contributed by atoms with E-state index in [1.807, 2.05) is 0 Å². The van der Waals surface area contributed by atoms with Crippen molar-refractivity contribution in [2.45, 2.75) is 206 Å². The van der Waals surface area contributed by atoms with Crippen LogP contribution < -0.4 is 0 Å². The Morgan fingerprint density at radius 1 is 0.474 bits per heavy atom. The first kappa shape index (κ1) is 36.9. The molecule has 0 spiro atoms. The first-order valence-electron chi connectivity index (χ1n) is 17.0. The molecule has 0 rings (SSSR count). The molecule has 226 valence electrons. The van der Waals surface area contributed by atoms with E-state index < -0.39 is 5.97 Å². The van der Waals surface area contributed by atoms with E-state index >= 15 is 0 Å². The number of carbonyl (C=O) groups excluding carboxylic acids is 1. The lowest BCUT2D eigenvalue weighted by Crippen LogP contribution is -2.18. The van der Waals surface area contributed by atoms with Gasteiger partial charge in [-0.1, -0.05) is 149 Å². The third-order valence-electron chi connectivity index (χ3n) is 7.83. The van der Waals surface area contributed by atoms with E-state index in [9.17, 15) is 9.59 Å². The van der Waals surface area contributed by atoms with Crippen LogP contribution in [0, 0.1) is 0 Å². The largest absolute Gasteiger partial charge is 0.481 e. The molecule has 0 saturated carbocycles. The summed E-state index contributed by atoms with van der Waals surface area (Å²) in [6.07, 6.45) is 34.1. The number of unbranched alkanes of at least 4 members (excludes halogenated alkanes) is 22. The number of ether oxygens (including phenoxy) is 1. The Balaban J connectivity index is 3.87. The molecule has 0 aromatic rings. The van der Waals surface area contributed by atoms with Crippen LogP contribution in [0.1, 0.15) is 200 Å². The summed E-state index contributed by atoms with van der Waals surface area (Å²) in [5.41, 5.74) is 0. The highest BCUT2D eigenvalue weighted by atomic mass is 16.5. The molecule has 0 fully saturated rings. The van der Waals surface area contributed by atoms with Crippen molar-refractivity contribution < 1.29 is 19.4 Å². The number of carboxylic acid groups (broad SMARTS) is 1. The third kappa shape index (κ3) is 29.5. The van der Waals surface area contributed by atoms with Gasteiger partial charge in [-0.15, -0.1) is 0 Å². The lowest BCUT2D eigenvalue weighted by molar-refractivity contribution is -0.150. The van der Waals surface area contributed by atoms with Crippen molar-refractivity contribution in [1.82, 2.24) is 0 Å². The second-order valence-electron chi connectivity index (χ2n) is 11.7. The summed E-state index contributed by atoms with van der Waals surface area (Å²) < 4.78 is 5.95. The van der Waals surface area contributed by atoms with E-state index in [0.29, 0.717) is 12.8 Å². The van der Waals surface area contributed by atoms with Gasteiger partial charge < -0.3 is 9.84 Å². The maximum atomic E-state index is 12.5.